The monoisotopic (exact) mass is 202 g/mol. The molecular weight excluding hydrogens is 180 g/mol. The number of hydrogen-bond donors (Lipinski definition) is 1. The lowest BCUT2D eigenvalue weighted by Crippen LogP contribution is -2.20. The first kappa shape index (κ1) is 13.4. The third kappa shape index (κ3) is 6.89. The molecule has 3 nitrogen and oxygen atoms in total. The van der Waals surface area contributed by atoms with Gasteiger partial charge in [-0.2, -0.15) is 0 Å². The van der Waals surface area contributed by atoms with E-state index in [0.717, 1.165) is 12.8 Å². The Morgan fingerprint density at radius 1 is 1.29 bits per heavy atom. The number of esters is 1. The normalized spacial score (nSPS) is 12.5. The fourth-order valence-corrected chi connectivity index (χ4v) is 1.19. The summed E-state index contributed by atoms with van der Waals surface area (Å²) in [6.07, 6.45) is 5.17. The van der Waals surface area contributed by atoms with Crippen LogP contribution in [0.3, 0.4) is 0 Å². The molecular formula is C11H22O3. The predicted molar refractivity (Wildman–Crippen MR) is 56.0 cm³/mol. The summed E-state index contributed by atoms with van der Waals surface area (Å²) >= 11 is 0. The van der Waals surface area contributed by atoms with Crippen LogP contribution < -0.4 is 0 Å². The molecule has 0 rings (SSSR count). The Kier molecular flexibility index (Phi) is 8.64. The summed E-state index contributed by atoms with van der Waals surface area (Å²) in [5.41, 5.74) is 0. The van der Waals surface area contributed by atoms with Crippen LogP contribution in [0.25, 0.3) is 0 Å². The van der Waals surface area contributed by atoms with Crippen molar-refractivity contribution in [3.8, 4) is 0 Å². The first-order valence-electron chi connectivity index (χ1n) is 5.54. The fraction of sp³-hybridized carbons (Fsp3) is 0.909. The zero-order chi connectivity index (χ0) is 10.8. The Hall–Kier alpha value is -0.570. The second kappa shape index (κ2) is 9.00. The number of carbonyl (C=O) groups is 1. The van der Waals surface area contributed by atoms with E-state index < -0.39 is 0 Å². The second-order valence-corrected chi connectivity index (χ2v) is 3.51. The van der Waals surface area contributed by atoms with Crippen molar-refractivity contribution in [1.82, 2.24) is 0 Å². The zero-order valence-corrected chi connectivity index (χ0v) is 9.29. The lowest BCUT2D eigenvalue weighted by atomic mass is 10.1. The number of ether oxygens (including phenoxy) is 1. The highest BCUT2D eigenvalue weighted by molar-refractivity contribution is 5.69. The third-order valence-corrected chi connectivity index (χ3v) is 2.19. The summed E-state index contributed by atoms with van der Waals surface area (Å²) < 4.78 is 5.04. The number of carbonyl (C=O) groups excluding carboxylic acids is 1. The van der Waals surface area contributed by atoms with Crippen molar-refractivity contribution < 1.29 is 14.6 Å². The van der Waals surface area contributed by atoms with E-state index in [1.165, 1.54) is 12.8 Å². The molecule has 0 aliphatic carbocycles. The van der Waals surface area contributed by atoms with Crippen LogP contribution >= 0.6 is 0 Å². The highest BCUT2D eigenvalue weighted by Gasteiger charge is 2.10. The molecule has 0 saturated heterocycles. The Morgan fingerprint density at radius 3 is 2.50 bits per heavy atom. The topological polar surface area (TPSA) is 46.5 Å². The maximum Gasteiger partial charge on any atom is 0.306 e. The molecule has 0 aromatic carbocycles. The van der Waals surface area contributed by atoms with E-state index in [2.05, 4.69) is 6.92 Å². The molecule has 0 bridgehead atoms. The van der Waals surface area contributed by atoms with Crippen molar-refractivity contribution in [2.75, 3.05) is 6.61 Å². The molecule has 0 fully saturated rings. The van der Waals surface area contributed by atoms with Crippen molar-refractivity contribution in [2.45, 2.75) is 58.5 Å². The van der Waals surface area contributed by atoms with Gasteiger partial charge in [0, 0.05) is 6.42 Å². The zero-order valence-electron chi connectivity index (χ0n) is 9.29. The van der Waals surface area contributed by atoms with Gasteiger partial charge >= 0.3 is 5.97 Å². The standard InChI is InChI=1S/C11H22O3/c1-3-5-6-7-8-11(13)14-10(4-2)9-12/h10,12H,3-9H2,1-2H3. The first-order chi connectivity index (χ1) is 6.74. The largest absolute Gasteiger partial charge is 0.460 e. The average Bonchev–Trinajstić information content (AvgIpc) is 2.21. The van der Waals surface area contributed by atoms with E-state index in [9.17, 15) is 4.79 Å². The van der Waals surface area contributed by atoms with Gasteiger partial charge in [-0.05, 0) is 12.8 Å². The van der Waals surface area contributed by atoms with E-state index in [-0.39, 0.29) is 18.7 Å². The van der Waals surface area contributed by atoms with E-state index in [4.69, 9.17) is 9.84 Å². The molecule has 0 aliphatic heterocycles. The smallest absolute Gasteiger partial charge is 0.306 e. The van der Waals surface area contributed by atoms with Gasteiger partial charge in [0.25, 0.3) is 0 Å². The van der Waals surface area contributed by atoms with Crippen molar-refractivity contribution in [2.24, 2.45) is 0 Å². The van der Waals surface area contributed by atoms with Gasteiger partial charge in [0.05, 0.1) is 6.61 Å². The fourth-order valence-electron chi connectivity index (χ4n) is 1.19. The van der Waals surface area contributed by atoms with E-state index >= 15 is 0 Å². The van der Waals surface area contributed by atoms with Gasteiger partial charge in [-0.25, -0.2) is 0 Å². The van der Waals surface area contributed by atoms with E-state index in [1.807, 2.05) is 6.92 Å². The van der Waals surface area contributed by atoms with Crippen molar-refractivity contribution in [3.63, 3.8) is 0 Å². The van der Waals surface area contributed by atoms with Crippen molar-refractivity contribution in [1.29, 1.82) is 0 Å². The minimum Gasteiger partial charge on any atom is -0.460 e. The SMILES string of the molecule is CCCCCCC(=O)OC(CC)CO. The highest BCUT2D eigenvalue weighted by Crippen LogP contribution is 2.05. The molecule has 3 heteroatoms. The number of unbranched alkanes of at least 4 members (excludes halogenated alkanes) is 3. The molecule has 0 spiro atoms. The molecule has 1 N–H and O–H groups in total. The van der Waals surface area contributed by atoms with Gasteiger partial charge in [-0.3, -0.25) is 4.79 Å². The maximum atomic E-state index is 11.2. The molecule has 0 radical (unpaired) electrons. The van der Waals surface area contributed by atoms with Crippen LogP contribution in [0.2, 0.25) is 0 Å². The molecule has 0 aromatic rings. The Morgan fingerprint density at radius 2 is 2.00 bits per heavy atom. The molecule has 0 heterocycles. The van der Waals surface area contributed by atoms with E-state index in [1.54, 1.807) is 0 Å². The van der Waals surface area contributed by atoms with Gasteiger partial charge in [-0.1, -0.05) is 33.1 Å². The number of aliphatic hydroxyl groups is 1. The summed E-state index contributed by atoms with van der Waals surface area (Å²) in [6, 6.07) is 0. The molecule has 0 aromatic heterocycles. The summed E-state index contributed by atoms with van der Waals surface area (Å²) in [7, 11) is 0. The van der Waals surface area contributed by atoms with Crippen LogP contribution in [0, 0.1) is 0 Å². The molecule has 0 amide bonds. The summed E-state index contributed by atoms with van der Waals surface area (Å²) in [5.74, 6) is -0.179. The van der Waals surface area contributed by atoms with Crippen molar-refractivity contribution in [3.05, 3.63) is 0 Å². The third-order valence-electron chi connectivity index (χ3n) is 2.19. The minimum atomic E-state index is -0.311. The Bertz CT molecular complexity index is 141. The Balaban J connectivity index is 3.44. The van der Waals surface area contributed by atoms with Gasteiger partial charge in [0.2, 0.25) is 0 Å². The lowest BCUT2D eigenvalue weighted by Gasteiger charge is -2.12. The summed E-state index contributed by atoms with van der Waals surface area (Å²) in [6.45, 7) is 3.96. The van der Waals surface area contributed by atoms with Crippen molar-refractivity contribution >= 4 is 5.97 Å². The van der Waals surface area contributed by atoms with Gasteiger partial charge in [-0.15, -0.1) is 0 Å². The van der Waals surface area contributed by atoms with Crippen LogP contribution in [0.5, 0.6) is 0 Å². The van der Waals surface area contributed by atoms with Gasteiger partial charge in [0.1, 0.15) is 6.10 Å². The average molecular weight is 202 g/mol. The van der Waals surface area contributed by atoms with Crippen LogP contribution in [0.4, 0.5) is 0 Å². The van der Waals surface area contributed by atoms with Gasteiger partial charge in [0.15, 0.2) is 0 Å². The van der Waals surface area contributed by atoms with E-state index in [0.29, 0.717) is 12.8 Å². The van der Waals surface area contributed by atoms with Crippen LogP contribution in [-0.4, -0.2) is 23.8 Å². The molecule has 84 valence electrons. The number of hydrogen-bond acceptors (Lipinski definition) is 3. The molecule has 14 heavy (non-hydrogen) atoms. The highest BCUT2D eigenvalue weighted by atomic mass is 16.5. The maximum absolute atomic E-state index is 11.2. The quantitative estimate of drug-likeness (QED) is 0.485. The first-order valence-corrected chi connectivity index (χ1v) is 5.54. The predicted octanol–water partition coefficient (Wildman–Crippen LogP) is 2.27. The van der Waals surface area contributed by atoms with Gasteiger partial charge < -0.3 is 9.84 Å². The summed E-state index contributed by atoms with van der Waals surface area (Å²) in [4.78, 5) is 11.2. The number of rotatable bonds is 8. The summed E-state index contributed by atoms with van der Waals surface area (Å²) in [5, 5.41) is 8.81. The second-order valence-electron chi connectivity index (χ2n) is 3.51. The number of aliphatic hydroxyl groups excluding tert-OH is 1. The van der Waals surface area contributed by atoms with Crippen LogP contribution in [0.15, 0.2) is 0 Å². The lowest BCUT2D eigenvalue weighted by molar-refractivity contribution is -0.151. The minimum absolute atomic E-state index is 0.0722. The molecule has 0 saturated carbocycles. The molecule has 0 aliphatic rings. The van der Waals surface area contributed by atoms with Crippen LogP contribution in [-0.2, 0) is 9.53 Å². The Labute approximate surface area is 86.5 Å². The van der Waals surface area contributed by atoms with Crippen LogP contribution in [0.1, 0.15) is 52.4 Å². The molecule has 1 unspecified atom stereocenters. The molecule has 1 atom stereocenters.